The zero-order valence-corrected chi connectivity index (χ0v) is 11.8. The molecule has 0 aromatic heterocycles. The van der Waals surface area contributed by atoms with Gasteiger partial charge < -0.3 is 15.2 Å². The van der Waals surface area contributed by atoms with Gasteiger partial charge >= 0.3 is 0 Å². The van der Waals surface area contributed by atoms with E-state index < -0.39 is 0 Å². The lowest BCUT2D eigenvalue weighted by molar-refractivity contribution is 0.0231. The van der Waals surface area contributed by atoms with Gasteiger partial charge in [-0.05, 0) is 25.0 Å². The quantitative estimate of drug-likeness (QED) is 0.855. The lowest BCUT2D eigenvalue weighted by atomic mass is 10.1. The smallest absolute Gasteiger partial charge is 0.150 e. The average Bonchev–Trinajstić information content (AvgIpc) is 2.97. The largest absolute Gasteiger partial charge is 0.494 e. The van der Waals surface area contributed by atoms with Crippen molar-refractivity contribution in [2.24, 2.45) is 5.10 Å². The molecule has 0 bridgehead atoms. The number of anilines is 1. The van der Waals surface area contributed by atoms with Crippen molar-refractivity contribution in [2.45, 2.75) is 25.3 Å². The van der Waals surface area contributed by atoms with Crippen LogP contribution in [0.15, 0.2) is 23.3 Å². The third kappa shape index (κ3) is 2.45. The van der Waals surface area contributed by atoms with E-state index in [2.05, 4.69) is 5.01 Å². The summed E-state index contributed by atoms with van der Waals surface area (Å²) in [6.45, 7) is 2.61. The van der Waals surface area contributed by atoms with Crippen LogP contribution in [0.3, 0.4) is 0 Å². The summed E-state index contributed by atoms with van der Waals surface area (Å²) in [5.74, 6) is 0.730. The second-order valence-corrected chi connectivity index (χ2v) is 5.26. The fraction of sp³-hybridized carbons (Fsp3) is 0.533. The third-order valence-electron chi connectivity index (χ3n) is 3.95. The van der Waals surface area contributed by atoms with Gasteiger partial charge in [0.15, 0.2) is 5.75 Å². The molecule has 1 atom stereocenters. The third-order valence-corrected chi connectivity index (χ3v) is 3.95. The van der Waals surface area contributed by atoms with E-state index in [1.807, 2.05) is 18.2 Å². The predicted octanol–water partition coefficient (Wildman–Crippen LogP) is 1.87. The molecule has 1 fully saturated rings. The van der Waals surface area contributed by atoms with Gasteiger partial charge in [-0.1, -0.05) is 6.07 Å². The van der Waals surface area contributed by atoms with Crippen molar-refractivity contribution < 1.29 is 9.47 Å². The number of rotatable bonds is 3. The molecule has 2 aliphatic heterocycles. The van der Waals surface area contributed by atoms with Gasteiger partial charge in [0, 0.05) is 25.1 Å². The Balaban J connectivity index is 1.83. The fourth-order valence-corrected chi connectivity index (χ4v) is 2.90. The summed E-state index contributed by atoms with van der Waals surface area (Å²) < 4.78 is 11.0. The maximum Gasteiger partial charge on any atom is 0.150 e. The molecular weight excluding hydrogens is 254 g/mol. The summed E-state index contributed by atoms with van der Waals surface area (Å²) in [6.07, 6.45) is 3.20. The monoisotopic (exact) mass is 275 g/mol. The van der Waals surface area contributed by atoms with Gasteiger partial charge in [0.1, 0.15) is 0 Å². The Kier molecular flexibility index (Phi) is 3.78. The van der Waals surface area contributed by atoms with E-state index in [9.17, 15) is 0 Å². The van der Waals surface area contributed by atoms with Crippen molar-refractivity contribution in [1.82, 2.24) is 5.01 Å². The number of hydrazone groups is 1. The van der Waals surface area contributed by atoms with E-state index in [4.69, 9.17) is 20.3 Å². The van der Waals surface area contributed by atoms with Gasteiger partial charge in [0.2, 0.25) is 0 Å². The van der Waals surface area contributed by atoms with Crippen molar-refractivity contribution in [3.63, 3.8) is 0 Å². The number of nitrogens with zero attached hydrogens (tertiary/aromatic N) is 2. The lowest BCUT2D eigenvalue weighted by Gasteiger charge is -2.29. The highest BCUT2D eigenvalue weighted by Gasteiger charge is 2.26. The van der Waals surface area contributed by atoms with E-state index in [0.29, 0.717) is 11.7 Å². The van der Waals surface area contributed by atoms with Crippen LogP contribution in [-0.4, -0.2) is 43.6 Å². The van der Waals surface area contributed by atoms with Gasteiger partial charge in [-0.15, -0.1) is 0 Å². The van der Waals surface area contributed by atoms with E-state index in [1.54, 1.807) is 7.11 Å². The van der Waals surface area contributed by atoms with Crippen molar-refractivity contribution in [2.75, 3.05) is 32.6 Å². The van der Waals surface area contributed by atoms with Crippen molar-refractivity contribution in [1.29, 1.82) is 0 Å². The second kappa shape index (κ2) is 5.71. The number of hydrogen-bond donors (Lipinski definition) is 1. The number of nitrogens with two attached hydrogens (primary N) is 1. The number of ether oxygens (including phenoxy) is 2. The molecule has 1 saturated heterocycles. The van der Waals surface area contributed by atoms with Gasteiger partial charge in [0.25, 0.3) is 0 Å². The molecule has 3 rings (SSSR count). The highest BCUT2D eigenvalue weighted by atomic mass is 16.5. The Hall–Kier alpha value is -1.75. The molecule has 0 aliphatic carbocycles. The van der Waals surface area contributed by atoms with Crippen LogP contribution < -0.4 is 10.5 Å². The van der Waals surface area contributed by atoms with Crippen LogP contribution >= 0.6 is 0 Å². The first-order chi connectivity index (χ1) is 9.79. The van der Waals surface area contributed by atoms with Crippen LogP contribution in [0.4, 0.5) is 5.69 Å². The van der Waals surface area contributed by atoms with E-state index in [-0.39, 0.29) is 0 Å². The van der Waals surface area contributed by atoms with Gasteiger partial charge in [0.05, 0.1) is 31.2 Å². The minimum atomic E-state index is 0.410. The van der Waals surface area contributed by atoms with Gasteiger partial charge in [-0.2, -0.15) is 5.10 Å². The first kappa shape index (κ1) is 13.2. The molecular formula is C15H21N3O2. The summed E-state index contributed by atoms with van der Waals surface area (Å²) in [5.41, 5.74) is 8.68. The Morgan fingerprint density at radius 2 is 2.35 bits per heavy atom. The summed E-state index contributed by atoms with van der Waals surface area (Å²) in [5, 5.41) is 6.93. The molecule has 2 heterocycles. The Morgan fingerprint density at radius 1 is 1.45 bits per heavy atom. The average molecular weight is 275 g/mol. The Bertz CT molecular complexity index is 510. The van der Waals surface area contributed by atoms with E-state index in [1.165, 1.54) is 0 Å². The number of para-hydroxylation sites is 1. The van der Waals surface area contributed by atoms with Crippen LogP contribution in [0, 0.1) is 0 Å². The van der Waals surface area contributed by atoms with Crippen LogP contribution in [0.5, 0.6) is 5.75 Å². The molecule has 1 unspecified atom stereocenters. The molecule has 0 saturated carbocycles. The van der Waals surface area contributed by atoms with Gasteiger partial charge in [-0.3, -0.25) is 5.01 Å². The maximum atomic E-state index is 5.96. The highest BCUT2D eigenvalue weighted by Crippen LogP contribution is 2.30. The minimum absolute atomic E-state index is 0.410. The van der Waals surface area contributed by atoms with Crippen molar-refractivity contribution >= 4 is 11.4 Å². The second-order valence-electron chi connectivity index (χ2n) is 5.26. The van der Waals surface area contributed by atoms with Crippen LogP contribution in [-0.2, 0) is 4.74 Å². The highest BCUT2D eigenvalue weighted by molar-refractivity contribution is 6.04. The molecule has 20 heavy (non-hydrogen) atoms. The molecule has 0 spiro atoms. The molecule has 1 aromatic carbocycles. The first-order valence-electron chi connectivity index (χ1n) is 7.14. The predicted molar refractivity (Wildman–Crippen MR) is 79.1 cm³/mol. The van der Waals surface area contributed by atoms with E-state index in [0.717, 1.165) is 56.0 Å². The molecule has 2 aliphatic rings. The minimum Gasteiger partial charge on any atom is -0.494 e. The number of nitrogen functional groups attached to an aromatic ring is 1. The van der Waals surface area contributed by atoms with E-state index >= 15 is 0 Å². The van der Waals surface area contributed by atoms with Crippen LogP contribution in [0.25, 0.3) is 0 Å². The number of methoxy groups -OCH3 is 1. The molecule has 0 amide bonds. The van der Waals surface area contributed by atoms with Gasteiger partial charge in [-0.25, -0.2) is 0 Å². The molecule has 5 nitrogen and oxygen atoms in total. The standard InChI is InChI=1S/C15H21N3O2/c1-19-15-12(5-2-6-13(15)16)14-7-8-18(17-14)11-4-3-9-20-10-11/h2,5-6,11H,3-4,7-10,16H2,1H3. The molecule has 0 radical (unpaired) electrons. The first-order valence-corrected chi connectivity index (χ1v) is 7.14. The summed E-state index contributed by atoms with van der Waals surface area (Å²) in [7, 11) is 1.65. The lowest BCUT2D eigenvalue weighted by Crippen LogP contribution is -2.36. The zero-order valence-electron chi connectivity index (χ0n) is 11.8. The molecule has 1 aromatic rings. The summed E-state index contributed by atoms with van der Waals surface area (Å²) in [6, 6.07) is 6.23. The number of benzene rings is 1. The zero-order chi connectivity index (χ0) is 13.9. The number of hydrogen-bond acceptors (Lipinski definition) is 5. The normalized spacial score (nSPS) is 22.8. The van der Waals surface area contributed by atoms with Crippen LogP contribution in [0.1, 0.15) is 24.8 Å². The topological polar surface area (TPSA) is 60.1 Å². The Morgan fingerprint density at radius 3 is 3.10 bits per heavy atom. The summed E-state index contributed by atoms with van der Waals surface area (Å²) in [4.78, 5) is 0. The van der Waals surface area contributed by atoms with Crippen LogP contribution in [0.2, 0.25) is 0 Å². The van der Waals surface area contributed by atoms with Crippen molar-refractivity contribution in [3.8, 4) is 5.75 Å². The molecule has 5 heteroatoms. The molecule has 2 N–H and O–H groups in total. The summed E-state index contributed by atoms with van der Waals surface area (Å²) >= 11 is 0. The SMILES string of the molecule is COc1c(N)cccc1C1=NN(C2CCCOC2)CC1. The maximum absolute atomic E-state index is 5.96. The Labute approximate surface area is 119 Å². The fourth-order valence-electron chi connectivity index (χ4n) is 2.90. The van der Waals surface area contributed by atoms with Crippen molar-refractivity contribution in [3.05, 3.63) is 23.8 Å². The molecule has 108 valence electrons.